The van der Waals surface area contributed by atoms with Crippen LogP contribution in [-0.2, 0) is 4.79 Å². The molecule has 1 fully saturated rings. The fourth-order valence-electron chi connectivity index (χ4n) is 2.90. The van der Waals surface area contributed by atoms with Crippen molar-refractivity contribution in [2.24, 2.45) is 0 Å². The van der Waals surface area contributed by atoms with Crippen LogP contribution in [0.4, 0.5) is 15.8 Å². The normalized spacial score (nSPS) is 14.6. The number of aryl methyl sites for hydroxylation is 1. The number of hydrogen-bond donors (Lipinski definition) is 1. The summed E-state index contributed by atoms with van der Waals surface area (Å²) in [5, 5.41) is 2.80. The Morgan fingerprint density at radius 1 is 1.12 bits per heavy atom. The first-order valence-corrected chi connectivity index (χ1v) is 8.02. The van der Waals surface area contributed by atoms with Crippen LogP contribution in [0.3, 0.4) is 0 Å². The molecular weight excluding hydrogens is 307 g/mol. The van der Waals surface area contributed by atoms with Crippen molar-refractivity contribution in [2.75, 3.05) is 16.8 Å². The molecule has 3 rings (SSSR count). The summed E-state index contributed by atoms with van der Waals surface area (Å²) < 4.78 is 12.9. The molecule has 1 saturated heterocycles. The summed E-state index contributed by atoms with van der Waals surface area (Å²) in [6.45, 7) is 2.66. The largest absolute Gasteiger partial charge is 0.322 e. The van der Waals surface area contributed by atoms with Crippen LogP contribution < -0.4 is 10.2 Å². The number of carbonyl (C=O) groups is 2. The summed E-state index contributed by atoms with van der Waals surface area (Å²) in [5.41, 5.74) is 2.86. The second-order valence-corrected chi connectivity index (χ2v) is 5.96. The molecule has 4 nitrogen and oxygen atoms in total. The molecule has 1 N–H and O–H groups in total. The highest BCUT2D eigenvalue weighted by Gasteiger charge is 2.21. The third-order valence-corrected chi connectivity index (χ3v) is 4.18. The molecule has 0 spiro atoms. The minimum atomic E-state index is -0.377. The van der Waals surface area contributed by atoms with Crippen LogP contribution in [0.1, 0.15) is 35.2 Å². The maximum atomic E-state index is 12.9. The molecule has 0 aliphatic carbocycles. The Hall–Kier alpha value is -2.69. The molecule has 0 saturated carbocycles. The average Bonchev–Trinajstić information content (AvgIpc) is 2.56. The molecule has 0 radical (unpaired) electrons. The van der Waals surface area contributed by atoms with Crippen LogP contribution in [0.2, 0.25) is 0 Å². The highest BCUT2D eigenvalue weighted by molar-refractivity contribution is 6.04. The molecule has 0 bridgehead atoms. The van der Waals surface area contributed by atoms with Crippen molar-refractivity contribution < 1.29 is 14.0 Å². The van der Waals surface area contributed by atoms with E-state index in [1.165, 1.54) is 24.3 Å². The molecule has 5 heteroatoms. The first-order valence-electron chi connectivity index (χ1n) is 8.02. The summed E-state index contributed by atoms with van der Waals surface area (Å²) in [4.78, 5) is 26.0. The van der Waals surface area contributed by atoms with E-state index >= 15 is 0 Å². The van der Waals surface area contributed by atoms with Crippen LogP contribution in [0.25, 0.3) is 0 Å². The predicted octanol–water partition coefficient (Wildman–Crippen LogP) is 3.90. The smallest absolute Gasteiger partial charge is 0.255 e. The summed E-state index contributed by atoms with van der Waals surface area (Å²) in [6, 6.07) is 10.9. The summed E-state index contributed by atoms with van der Waals surface area (Å²) >= 11 is 0. The quantitative estimate of drug-likeness (QED) is 0.930. The van der Waals surface area contributed by atoms with Crippen LogP contribution >= 0.6 is 0 Å². The lowest BCUT2D eigenvalue weighted by molar-refractivity contribution is -0.119. The van der Waals surface area contributed by atoms with Crippen molar-refractivity contribution in [3.05, 3.63) is 59.4 Å². The molecule has 124 valence electrons. The van der Waals surface area contributed by atoms with Gasteiger partial charge in [0.15, 0.2) is 0 Å². The third-order valence-electron chi connectivity index (χ3n) is 4.18. The van der Waals surface area contributed by atoms with Gasteiger partial charge in [-0.3, -0.25) is 9.59 Å². The van der Waals surface area contributed by atoms with Gasteiger partial charge in [0.25, 0.3) is 5.91 Å². The summed E-state index contributed by atoms with van der Waals surface area (Å²) in [7, 11) is 0. The molecule has 2 aromatic carbocycles. The number of amides is 2. The molecule has 1 aliphatic rings. The zero-order valence-electron chi connectivity index (χ0n) is 13.5. The summed E-state index contributed by atoms with van der Waals surface area (Å²) in [6.07, 6.45) is 2.54. The molecule has 1 aliphatic heterocycles. The van der Waals surface area contributed by atoms with Gasteiger partial charge in [0, 0.05) is 29.9 Å². The van der Waals surface area contributed by atoms with Gasteiger partial charge in [0.2, 0.25) is 5.91 Å². The number of piperidine rings is 1. The van der Waals surface area contributed by atoms with Crippen molar-refractivity contribution >= 4 is 23.2 Å². The lowest BCUT2D eigenvalue weighted by Crippen LogP contribution is -2.35. The Balaban J connectivity index is 1.76. The monoisotopic (exact) mass is 326 g/mol. The van der Waals surface area contributed by atoms with Gasteiger partial charge in [-0.1, -0.05) is 0 Å². The Labute approximate surface area is 140 Å². The first-order chi connectivity index (χ1) is 11.5. The van der Waals surface area contributed by atoms with Gasteiger partial charge >= 0.3 is 0 Å². The van der Waals surface area contributed by atoms with E-state index < -0.39 is 0 Å². The molecular formula is C19H19FN2O2. The minimum Gasteiger partial charge on any atom is -0.322 e. The van der Waals surface area contributed by atoms with Gasteiger partial charge in [0.1, 0.15) is 5.82 Å². The maximum Gasteiger partial charge on any atom is 0.255 e. The third kappa shape index (κ3) is 3.45. The molecule has 2 amide bonds. The van der Waals surface area contributed by atoms with Crippen LogP contribution in [0.5, 0.6) is 0 Å². The number of nitrogens with one attached hydrogen (secondary N) is 1. The number of carbonyl (C=O) groups excluding carboxylic acids is 2. The standard InChI is InChI=1S/C19H19FN2O2/c1-13-12-16(21-19(24)14-5-7-15(20)8-6-14)9-10-17(13)22-11-3-2-4-18(22)23/h5-10,12H,2-4,11H2,1H3,(H,21,24). The minimum absolute atomic E-state index is 0.146. The van der Waals surface area contributed by atoms with Crippen molar-refractivity contribution in [2.45, 2.75) is 26.2 Å². The Morgan fingerprint density at radius 3 is 2.54 bits per heavy atom. The highest BCUT2D eigenvalue weighted by atomic mass is 19.1. The van der Waals surface area contributed by atoms with Gasteiger partial charge < -0.3 is 10.2 Å². The fourth-order valence-corrected chi connectivity index (χ4v) is 2.90. The maximum absolute atomic E-state index is 12.9. The zero-order chi connectivity index (χ0) is 17.1. The molecule has 0 aromatic heterocycles. The van der Waals surface area contributed by atoms with Gasteiger partial charge in [-0.25, -0.2) is 4.39 Å². The van der Waals surface area contributed by atoms with E-state index in [9.17, 15) is 14.0 Å². The SMILES string of the molecule is Cc1cc(NC(=O)c2ccc(F)cc2)ccc1N1CCCCC1=O. The second-order valence-electron chi connectivity index (χ2n) is 5.96. The second kappa shape index (κ2) is 6.83. The van der Waals surface area contributed by atoms with Gasteiger partial charge in [-0.05, 0) is 67.8 Å². The van der Waals surface area contributed by atoms with Crippen molar-refractivity contribution in [3.8, 4) is 0 Å². The van der Waals surface area contributed by atoms with E-state index in [1.54, 1.807) is 6.07 Å². The van der Waals surface area contributed by atoms with Crippen molar-refractivity contribution in [3.63, 3.8) is 0 Å². The highest BCUT2D eigenvalue weighted by Crippen LogP contribution is 2.27. The average molecular weight is 326 g/mol. The number of benzene rings is 2. The number of nitrogens with zero attached hydrogens (tertiary/aromatic N) is 1. The first kappa shape index (κ1) is 16.2. The zero-order valence-corrected chi connectivity index (χ0v) is 13.5. The molecule has 24 heavy (non-hydrogen) atoms. The number of hydrogen-bond acceptors (Lipinski definition) is 2. The Kier molecular flexibility index (Phi) is 4.60. The lowest BCUT2D eigenvalue weighted by atomic mass is 10.1. The van der Waals surface area contributed by atoms with E-state index in [0.717, 1.165) is 30.6 Å². The van der Waals surface area contributed by atoms with Gasteiger partial charge in [-0.2, -0.15) is 0 Å². The Bertz CT molecular complexity index is 771. The number of anilines is 2. The molecule has 1 heterocycles. The lowest BCUT2D eigenvalue weighted by Gasteiger charge is -2.28. The van der Waals surface area contributed by atoms with E-state index in [4.69, 9.17) is 0 Å². The van der Waals surface area contributed by atoms with E-state index in [0.29, 0.717) is 17.7 Å². The van der Waals surface area contributed by atoms with Crippen molar-refractivity contribution in [1.29, 1.82) is 0 Å². The Morgan fingerprint density at radius 2 is 1.88 bits per heavy atom. The van der Waals surface area contributed by atoms with E-state index in [2.05, 4.69) is 5.32 Å². The van der Waals surface area contributed by atoms with Gasteiger partial charge in [0.05, 0.1) is 0 Å². The van der Waals surface area contributed by atoms with E-state index in [1.807, 2.05) is 24.0 Å². The van der Waals surface area contributed by atoms with Crippen LogP contribution in [0, 0.1) is 12.7 Å². The van der Waals surface area contributed by atoms with E-state index in [-0.39, 0.29) is 17.6 Å². The van der Waals surface area contributed by atoms with Crippen molar-refractivity contribution in [1.82, 2.24) is 0 Å². The number of halogens is 1. The summed E-state index contributed by atoms with van der Waals surface area (Å²) in [5.74, 6) is -0.526. The van der Waals surface area contributed by atoms with Crippen LogP contribution in [0.15, 0.2) is 42.5 Å². The van der Waals surface area contributed by atoms with Gasteiger partial charge in [-0.15, -0.1) is 0 Å². The molecule has 0 unspecified atom stereocenters. The predicted molar refractivity (Wildman–Crippen MR) is 91.7 cm³/mol. The topological polar surface area (TPSA) is 49.4 Å². The molecule has 2 aromatic rings. The van der Waals surface area contributed by atoms with Crippen LogP contribution in [-0.4, -0.2) is 18.4 Å². The fraction of sp³-hybridized carbons (Fsp3) is 0.263. The number of rotatable bonds is 3. The molecule has 0 atom stereocenters.